The minimum atomic E-state index is -0.346. The highest BCUT2D eigenvalue weighted by molar-refractivity contribution is 7.21. The lowest BCUT2D eigenvalue weighted by Gasteiger charge is -2.29. The number of pyridine rings is 1. The van der Waals surface area contributed by atoms with Crippen LogP contribution in [-0.4, -0.2) is 41.0 Å². The summed E-state index contributed by atoms with van der Waals surface area (Å²) in [5.41, 5.74) is 2.76. The number of aromatic nitrogens is 1. The van der Waals surface area contributed by atoms with E-state index in [1.54, 1.807) is 17.2 Å². The standard InChI is InChI=1S/C27H29N5O4S/c1-5-21(33)29-16-6-7-17(13-16)30-25(34)24-23-22-20(10-11-28-26(22)37-24)32(27(35)31-23)19-9-8-18(12-15(19)4)36-14(2)3/h5,8-12,14,16-17H,1,6-7,13H2,2-4H3,(H,29,33)(H,30,34)(H,31,35). The van der Waals surface area contributed by atoms with Gasteiger partial charge in [0.1, 0.15) is 15.5 Å². The quantitative estimate of drug-likeness (QED) is 0.379. The van der Waals surface area contributed by atoms with E-state index in [2.05, 4.69) is 27.5 Å². The van der Waals surface area contributed by atoms with Gasteiger partial charge in [0.25, 0.3) is 5.91 Å². The van der Waals surface area contributed by atoms with Crippen molar-refractivity contribution in [3.8, 4) is 5.75 Å². The fourth-order valence-electron chi connectivity index (χ4n) is 4.96. The lowest BCUT2D eigenvalue weighted by atomic mass is 10.1. The van der Waals surface area contributed by atoms with Crippen molar-refractivity contribution in [3.63, 3.8) is 0 Å². The molecule has 9 nitrogen and oxygen atoms in total. The summed E-state index contributed by atoms with van der Waals surface area (Å²) in [6.45, 7) is 9.34. The molecule has 37 heavy (non-hydrogen) atoms. The Morgan fingerprint density at radius 2 is 1.97 bits per heavy atom. The van der Waals surface area contributed by atoms with Gasteiger partial charge in [0.05, 0.1) is 28.6 Å². The van der Waals surface area contributed by atoms with Gasteiger partial charge in [0, 0.05) is 18.3 Å². The van der Waals surface area contributed by atoms with Crippen molar-refractivity contribution in [2.45, 2.75) is 58.2 Å². The molecule has 10 heteroatoms. The van der Waals surface area contributed by atoms with Crippen molar-refractivity contribution in [1.82, 2.24) is 15.6 Å². The number of hydrogen-bond acceptors (Lipinski definition) is 6. The fraction of sp³-hybridized carbons (Fsp3) is 0.333. The van der Waals surface area contributed by atoms with Crippen LogP contribution in [0.25, 0.3) is 10.2 Å². The van der Waals surface area contributed by atoms with Gasteiger partial charge in [0.15, 0.2) is 0 Å². The first-order valence-electron chi connectivity index (χ1n) is 12.3. The molecule has 1 fully saturated rings. The number of rotatable bonds is 7. The molecule has 0 spiro atoms. The average molecular weight is 520 g/mol. The van der Waals surface area contributed by atoms with Gasteiger partial charge in [-0.3, -0.25) is 14.5 Å². The van der Waals surface area contributed by atoms with Crippen molar-refractivity contribution in [1.29, 1.82) is 0 Å². The van der Waals surface area contributed by atoms with Crippen LogP contribution in [0.5, 0.6) is 5.75 Å². The Morgan fingerprint density at radius 3 is 2.68 bits per heavy atom. The lowest BCUT2D eigenvalue weighted by Crippen LogP contribution is -2.37. The molecule has 1 aliphatic heterocycles. The number of amides is 4. The van der Waals surface area contributed by atoms with Crippen LogP contribution in [0.3, 0.4) is 0 Å². The predicted molar refractivity (Wildman–Crippen MR) is 145 cm³/mol. The molecule has 3 N–H and O–H groups in total. The van der Waals surface area contributed by atoms with Crippen LogP contribution in [0.2, 0.25) is 0 Å². The van der Waals surface area contributed by atoms with E-state index < -0.39 is 0 Å². The topological polar surface area (TPSA) is 113 Å². The largest absolute Gasteiger partial charge is 0.491 e. The zero-order valence-electron chi connectivity index (χ0n) is 21.0. The Hall–Kier alpha value is -3.92. The Bertz CT molecular complexity index is 1420. The maximum atomic E-state index is 13.4. The summed E-state index contributed by atoms with van der Waals surface area (Å²) in [6, 6.07) is 7.00. The molecule has 1 aromatic carbocycles. The Kier molecular flexibility index (Phi) is 6.59. The van der Waals surface area contributed by atoms with Gasteiger partial charge < -0.3 is 20.7 Å². The first-order valence-corrected chi connectivity index (χ1v) is 13.1. The minimum Gasteiger partial charge on any atom is -0.491 e. The molecule has 2 atom stereocenters. The van der Waals surface area contributed by atoms with Gasteiger partial charge in [-0.2, -0.15) is 0 Å². The first kappa shape index (κ1) is 24.8. The number of nitrogens with zero attached hydrogens (tertiary/aromatic N) is 2. The lowest BCUT2D eigenvalue weighted by molar-refractivity contribution is -0.117. The van der Waals surface area contributed by atoms with Crippen molar-refractivity contribution < 1.29 is 19.1 Å². The number of nitrogens with one attached hydrogen (secondary N) is 3. The van der Waals surface area contributed by atoms with Gasteiger partial charge >= 0.3 is 6.03 Å². The van der Waals surface area contributed by atoms with Crippen LogP contribution in [0.4, 0.5) is 21.9 Å². The van der Waals surface area contributed by atoms with Crippen molar-refractivity contribution in [2.75, 3.05) is 10.2 Å². The Labute approximate surface area is 218 Å². The highest BCUT2D eigenvalue weighted by atomic mass is 32.1. The SMILES string of the molecule is C=CC(=O)NC1CCC(NC(=O)c2sc3nccc4c3c2NC(=O)N4c2ccc(OC(C)C)cc2C)C1. The Morgan fingerprint density at radius 1 is 1.22 bits per heavy atom. The molecule has 0 saturated heterocycles. The highest BCUT2D eigenvalue weighted by Gasteiger charge is 2.34. The van der Waals surface area contributed by atoms with Gasteiger partial charge in [-0.05, 0) is 75.9 Å². The maximum Gasteiger partial charge on any atom is 0.331 e. The van der Waals surface area contributed by atoms with E-state index in [1.807, 2.05) is 39.0 Å². The molecule has 0 bridgehead atoms. The van der Waals surface area contributed by atoms with Crippen LogP contribution in [0, 0.1) is 6.92 Å². The van der Waals surface area contributed by atoms with Crippen molar-refractivity contribution >= 4 is 56.5 Å². The van der Waals surface area contributed by atoms with E-state index in [4.69, 9.17) is 4.74 Å². The number of ether oxygens (including phenoxy) is 1. The number of aryl methyl sites for hydroxylation is 1. The predicted octanol–water partition coefficient (Wildman–Crippen LogP) is 5.03. The van der Waals surface area contributed by atoms with Crippen LogP contribution >= 0.6 is 11.3 Å². The molecule has 4 amide bonds. The second kappa shape index (κ2) is 9.85. The fourth-order valence-corrected chi connectivity index (χ4v) is 5.98. The summed E-state index contributed by atoms with van der Waals surface area (Å²) in [5.74, 6) is 0.265. The molecule has 3 heterocycles. The molecular weight excluding hydrogens is 490 g/mol. The van der Waals surface area contributed by atoms with Crippen LogP contribution in [0.15, 0.2) is 43.1 Å². The third-order valence-electron chi connectivity index (χ3n) is 6.53. The number of hydrogen-bond donors (Lipinski definition) is 3. The van der Waals surface area contributed by atoms with E-state index in [1.165, 1.54) is 17.4 Å². The van der Waals surface area contributed by atoms with E-state index in [-0.39, 0.29) is 36.0 Å². The molecule has 2 aliphatic rings. The zero-order chi connectivity index (χ0) is 26.3. The highest BCUT2D eigenvalue weighted by Crippen LogP contribution is 2.46. The molecule has 1 saturated carbocycles. The van der Waals surface area contributed by atoms with Gasteiger partial charge in [-0.25, -0.2) is 9.78 Å². The first-order chi connectivity index (χ1) is 17.7. The summed E-state index contributed by atoms with van der Waals surface area (Å²) in [7, 11) is 0. The van der Waals surface area contributed by atoms with E-state index in [9.17, 15) is 14.4 Å². The monoisotopic (exact) mass is 519 g/mol. The average Bonchev–Trinajstić information content (AvgIpc) is 3.44. The summed E-state index contributed by atoms with van der Waals surface area (Å²) in [4.78, 5) is 45.5. The molecule has 3 aromatic rings. The third kappa shape index (κ3) is 4.76. The van der Waals surface area contributed by atoms with Crippen LogP contribution in [0.1, 0.15) is 48.3 Å². The number of benzene rings is 1. The maximum absolute atomic E-state index is 13.4. The van der Waals surface area contributed by atoms with Crippen LogP contribution < -0.4 is 25.6 Å². The summed E-state index contributed by atoms with van der Waals surface area (Å²) in [5, 5.41) is 9.64. The molecule has 0 radical (unpaired) electrons. The van der Waals surface area contributed by atoms with Crippen molar-refractivity contribution in [2.24, 2.45) is 0 Å². The molecule has 1 aliphatic carbocycles. The van der Waals surface area contributed by atoms with Crippen molar-refractivity contribution in [3.05, 3.63) is 53.6 Å². The van der Waals surface area contributed by atoms with E-state index in [0.29, 0.717) is 27.5 Å². The number of carbonyl (C=O) groups is 3. The number of anilines is 3. The molecule has 192 valence electrons. The normalized spacial score (nSPS) is 18.6. The summed E-state index contributed by atoms with van der Waals surface area (Å²) < 4.78 is 5.80. The van der Waals surface area contributed by atoms with Gasteiger partial charge in [-0.15, -0.1) is 11.3 Å². The Balaban J connectivity index is 1.43. The second-order valence-corrected chi connectivity index (χ2v) is 10.6. The van der Waals surface area contributed by atoms with E-state index in [0.717, 1.165) is 35.2 Å². The number of urea groups is 1. The van der Waals surface area contributed by atoms with Gasteiger partial charge in [-0.1, -0.05) is 6.58 Å². The third-order valence-corrected chi connectivity index (χ3v) is 7.63. The zero-order valence-corrected chi connectivity index (χ0v) is 21.8. The second-order valence-electron chi connectivity index (χ2n) is 9.59. The molecule has 2 aromatic heterocycles. The summed E-state index contributed by atoms with van der Waals surface area (Å²) in [6.07, 6.45) is 5.13. The van der Waals surface area contributed by atoms with Crippen LogP contribution in [-0.2, 0) is 4.79 Å². The molecular formula is C27H29N5O4S. The summed E-state index contributed by atoms with van der Waals surface area (Å²) >= 11 is 1.25. The smallest absolute Gasteiger partial charge is 0.331 e. The molecule has 5 rings (SSSR count). The molecule has 2 unspecified atom stereocenters. The number of carbonyl (C=O) groups excluding carboxylic acids is 3. The minimum absolute atomic E-state index is 0.00124. The van der Waals surface area contributed by atoms with Gasteiger partial charge in [0.2, 0.25) is 5.91 Å². The number of thiophene rings is 1. The van der Waals surface area contributed by atoms with E-state index >= 15 is 0 Å².